The van der Waals surface area contributed by atoms with E-state index in [-0.39, 0.29) is 11.7 Å². The fourth-order valence-corrected chi connectivity index (χ4v) is 3.04. The number of carbonyl (C=O) groups is 1. The molecule has 0 radical (unpaired) electrons. The van der Waals surface area contributed by atoms with Gasteiger partial charge in [0, 0.05) is 22.0 Å². The fraction of sp³-hybridized carbons (Fsp3) is 0.0714. The van der Waals surface area contributed by atoms with Crippen molar-refractivity contribution in [3.8, 4) is 0 Å². The van der Waals surface area contributed by atoms with E-state index in [0.717, 1.165) is 15.8 Å². The number of amides is 1. The average molecular weight is 289 g/mol. The van der Waals surface area contributed by atoms with Crippen molar-refractivity contribution < 1.29 is 9.18 Å². The summed E-state index contributed by atoms with van der Waals surface area (Å²) in [7, 11) is 0. The molecule has 3 aromatic rings. The number of nitrogens with two attached hydrogens (primary N) is 1. The smallest absolute Gasteiger partial charge is 0.275 e. The minimum Gasteiger partial charge on any atom is -0.342 e. The highest BCUT2D eigenvalue weighted by atomic mass is 32.1. The molecule has 3 rings (SSSR count). The predicted molar refractivity (Wildman–Crippen MR) is 77.0 cm³/mol. The monoisotopic (exact) mass is 289 g/mol. The molecular formula is C14H12FN3OS. The van der Waals surface area contributed by atoms with E-state index < -0.39 is 0 Å². The molecule has 3 N–H and O–H groups in total. The van der Waals surface area contributed by atoms with Gasteiger partial charge < -0.3 is 4.57 Å². The molecule has 0 saturated heterocycles. The minimum atomic E-state index is -0.291. The van der Waals surface area contributed by atoms with Crippen molar-refractivity contribution in [2.75, 3.05) is 0 Å². The van der Waals surface area contributed by atoms with Gasteiger partial charge in [-0.1, -0.05) is 0 Å². The van der Waals surface area contributed by atoms with Crippen LogP contribution in [-0.4, -0.2) is 10.5 Å². The summed E-state index contributed by atoms with van der Waals surface area (Å²) in [6, 6.07) is 10.2. The van der Waals surface area contributed by atoms with Crippen LogP contribution in [0.5, 0.6) is 0 Å². The molecule has 0 unspecified atom stereocenters. The van der Waals surface area contributed by atoms with Crippen molar-refractivity contribution in [2.24, 2.45) is 5.84 Å². The van der Waals surface area contributed by atoms with Crippen LogP contribution in [0.15, 0.2) is 42.6 Å². The molecule has 1 aromatic carbocycles. The number of halogens is 1. The van der Waals surface area contributed by atoms with Crippen LogP contribution in [0, 0.1) is 5.82 Å². The van der Waals surface area contributed by atoms with Crippen LogP contribution in [0.25, 0.3) is 10.9 Å². The lowest BCUT2D eigenvalue weighted by Gasteiger charge is -2.03. The molecule has 0 aliphatic heterocycles. The number of nitrogen functional groups attached to an aromatic ring is 1. The second-order valence-electron chi connectivity index (χ2n) is 4.39. The van der Waals surface area contributed by atoms with Gasteiger partial charge in [0.1, 0.15) is 5.82 Å². The first kappa shape index (κ1) is 12.8. The van der Waals surface area contributed by atoms with E-state index in [1.54, 1.807) is 12.1 Å². The van der Waals surface area contributed by atoms with Gasteiger partial charge in [0.25, 0.3) is 5.91 Å². The Labute approximate surface area is 118 Å². The van der Waals surface area contributed by atoms with Crippen LogP contribution >= 0.6 is 11.3 Å². The van der Waals surface area contributed by atoms with Crippen LogP contribution in [0.2, 0.25) is 0 Å². The molecule has 0 aliphatic rings. The first-order valence-corrected chi connectivity index (χ1v) is 6.83. The third-order valence-corrected chi connectivity index (χ3v) is 4.14. The standard InChI is InChI=1S/C14H12FN3OS/c15-10-1-3-12-9(7-10)5-6-18(12)8-11-2-4-13(20-11)14(19)17-16/h1-7H,8,16H2,(H,17,19). The Morgan fingerprint density at radius 2 is 2.15 bits per heavy atom. The summed E-state index contributed by atoms with van der Waals surface area (Å²) in [5, 5.41) is 0.862. The SMILES string of the molecule is NNC(=O)c1ccc(Cn2ccc3cc(F)ccc32)s1. The van der Waals surface area contributed by atoms with Crippen molar-refractivity contribution in [1.29, 1.82) is 0 Å². The van der Waals surface area contributed by atoms with E-state index in [2.05, 4.69) is 5.43 Å². The molecule has 102 valence electrons. The Morgan fingerprint density at radius 3 is 2.95 bits per heavy atom. The van der Waals surface area contributed by atoms with E-state index in [9.17, 15) is 9.18 Å². The molecule has 20 heavy (non-hydrogen) atoms. The molecule has 6 heteroatoms. The lowest BCUT2D eigenvalue weighted by molar-refractivity contribution is 0.0957. The molecule has 0 bridgehead atoms. The minimum absolute atomic E-state index is 0.242. The summed E-state index contributed by atoms with van der Waals surface area (Å²) in [5.74, 6) is 4.57. The van der Waals surface area contributed by atoms with Crippen molar-refractivity contribution in [3.05, 3.63) is 58.2 Å². The van der Waals surface area contributed by atoms with E-state index in [4.69, 9.17) is 5.84 Å². The Bertz CT molecular complexity index is 778. The number of fused-ring (bicyclic) bond motifs is 1. The number of thiophene rings is 1. The molecule has 2 heterocycles. The van der Waals surface area contributed by atoms with Crippen molar-refractivity contribution >= 4 is 28.1 Å². The molecule has 0 spiro atoms. The molecule has 0 atom stereocenters. The molecule has 2 aromatic heterocycles. The highest BCUT2D eigenvalue weighted by Gasteiger charge is 2.09. The summed E-state index contributed by atoms with van der Waals surface area (Å²) in [6.07, 6.45) is 1.91. The number of hydrogen-bond acceptors (Lipinski definition) is 3. The van der Waals surface area contributed by atoms with Gasteiger partial charge >= 0.3 is 0 Å². The molecule has 0 aliphatic carbocycles. The first-order valence-electron chi connectivity index (χ1n) is 6.01. The van der Waals surface area contributed by atoms with Crippen LogP contribution in [-0.2, 0) is 6.54 Å². The highest BCUT2D eigenvalue weighted by molar-refractivity contribution is 7.14. The van der Waals surface area contributed by atoms with Crippen LogP contribution in [0.1, 0.15) is 14.5 Å². The van der Waals surface area contributed by atoms with Crippen LogP contribution in [0.3, 0.4) is 0 Å². The van der Waals surface area contributed by atoms with Gasteiger partial charge in [-0.25, -0.2) is 10.2 Å². The Balaban J connectivity index is 1.89. The Kier molecular flexibility index (Phi) is 3.25. The molecule has 4 nitrogen and oxygen atoms in total. The van der Waals surface area contributed by atoms with Gasteiger partial charge in [0.05, 0.1) is 11.4 Å². The number of nitrogens with zero attached hydrogens (tertiary/aromatic N) is 1. The Hall–Kier alpha value is -2.18. The van der Waals surface area contributed by atoms with E-state index in [0.29, 0.717) is 11.4 Å². The van der Waals surface area contributed by atoms with Gasteiger partial charge in [-0.05, 0) is 36.4 Å². The maximum Gasteiger partial charge on any atom is 0.275 e. The summed E-state index contributed by atoms with van der Waals surface area (Å²) in [4.78, 5) is 13.0. The van der Waals surface area contributed by atoms with Gasteiger partial charge in [-0.15, -0.1) is 11.3 Å². The zero-order valence-electron chi connectivity index (χ0n) is 10.5. The summed E-state index contributed by atoms with van der Waals surface area (Å²) >= 11 is 1.39. The quantitative estimate of drug-likeness (QED) is 0.442. The van der Waals surface area contributed by atoms with Gasteiger partial charge in [0.2, 0.25) is 0 Å². The number of aromatic nitrogens is 1. The largest absolute Gasteiger partial charge is 0.342 e. The fourth-order valence-electron chi connectivity index (χ4n) is 2.13. The normalized spacial score (nSPS) is 10.9. The lowest BCUT2D eigenvalue weighted by atomic mass is 10.2. The number of carbonyl (C=O) groups excluding carboxylic acids is 1. The van der Waals surface area contributed by atoms with Gasteiger partial charge in [-0.3, -0.25) is 10.2 Å². The number of rotatable bonds is 3. The summed E-state index contributed by atoms with van der Waals surface area (Å²) < 4.78 is 15.2. The molecule has 0 fully saturated rings. The summed E-state index contributed by atoms with van der Waals surface area (Å²) in [5.41, 5.74) is 3.07. The second-order valence-corrected chi connectivity index (χ2v) is 5.55. The number of nitrogens with one attached hydrogen (secondary N) is 1. The lowest BCUT2D eigenvalue weighted by Crippen LogP contribution is -2.29. The van der Waals surface area contributed by atoms with E-state index in [1.807, 2.05) is 22.9 Å². The number of hydrogen-bond donors (Lipinski definition) is 2. The third-order valence-electron chi connectivity index (χ3n) is 3.08. The number of hydrazine groups is 1. The topological polar surface area (TPSA) is 60.0 Å². The third kappa shape index (κ3) is 2.31. The first-order chi connectivity index (χ1) is 9.67. The molecular weight excluding hydrogens is 277 g/mol. The van der Waals surface area contributed by atoms with Crippen LogP contribution in [0.4, 0.5) is 4.39 Å². The van der Waals surface area contributed by atoms with Gasteiger partial charge in [-0.2, -0.15) is 0 Å². The van der Waals surface area contributed by atoms with Crippen molar-refractivity contribution in [3.63, 3.8) is 0 Å². The van der Waals surface area contributed by atoms with E-state index >= 15 is 0 Å². The van der Waals surface area contributed by atoms with Gasteiger partial charge in [0.15, 0.2) is 0 Å². The van der Waals surface area contributed by atoms with E-state index in [1.165, 1.54) is 23.5 Å². The zero-order valence-corrected chi connectivity index (χ0v) is 11.3. The highest BCUT2D eigenvalue weighted by Crippen LogP contribution is 2.22. The maximum absolute atomic E-state index is 13.1. The van der Waals surface area contributed by atoms with Crippen molar-refractivity contribution in [2.45, 2.75) is 6.54 Å². The molecule has 1 amide bonds. The van der Waals surface area contributed by atoms with Crippen LogP contribution < -0.4 is 11.3 Å². The predicted octanol–water partition coefficient (Wildman–Crippen LogP) is 2.49. The average Bonchev–Trinajstić information content (AvgIpc) is 3.06. The zero-order chi connectivity index (χ0) is 14.1. The number of benzene rings is 1. The maximum atomic E-state index is 13.1. The molecule has 0 saturated carbocycles. The second kappa shape index (κ2) is 5.07. The van der Waals surface area contributed by atoms with Crippen molar-refractivity contribution in [1.82, 2.24) is 9.99 Å². The summed E-state index contributed by atoms with van der Waals surface area (Å²) in [6.45, 7) is 0.637. The Morgan fingerprint density at radius 1 is 1.30 bits per heavy atom.